The fraction of sp³-hybridized carbons (Fsp3) is 0.833. The molecule has 0 aliphatic rings. The lowest BCUT2D eigenvalue weighted by Crippen LogP contribution is -2.46. The molecule has 1 atom stereocenters. The third-order valence-corrected chi connectivity index (χ3v) is 2.53. The van der Waals surface area contributed by atoms with Gasteiger partial charge in [0.15, 0.2) is 0 Å². The first-order valence-corrected chi connectivity index (χ1v) is 6.38. The monoisotopic (exact) mass is 260 g/mol. The molecule has 0 aromatic rings. The van der Waals surface area contributed by atoms with E-state index in [1.54, 1.807) is 0 Å². The number of rotatable bonds is 10. The molecule has 2 amide bonds. The highest BCUT2D eigenvalue weighted by atomic mass is 16.5. The number of urea groups is 1. The topological polar surface area (TPSA) is 87.7 Å². The van der Waals surface area contributed by atoms with Crippen LogP contribution in [-0.4, -0.2) is 43.4 Å². The Labute approximate surface area is 108 Å². The summed E-state index contributed by atoms with van der Waals surface area (Å²) in [4.78, 5) is 22.3. The number of unbranched alkanes of at least 4 members (excludes halogenated alkanes) is 3. The first-order valence-electron chi connectivity index (χ1n) is 6.38. The van der Waals surface area contributed by atoms with Crippen molar-refractivity contribution in [3.8, 4) is 0 Å². The van der Waals surface area contributed by atoms with Gasteiger partial charge in [-0.25, -0.2) is 9.59 Å². The highest BCUT2D eigenvalue weighted by Crippen LogP contribution is 1.97. The number of hydrogen-bond acceptors (Lipinski definition) is 3. The molecule has 0 rings (SSSR count). The molecule has 18 heavy (non-hydrogen) atoms. The van der Waals surface area contributed by atoms with Crippen molar-refractivity contribution >= 4 is 12.0 Å². The third kappa shape index (κ3) is 8.81. The van der Waals surface area contributed by atoms with Crippen LogP contribution in [0.25, 0.3) is 0 Å². The van der Waals surface area contributed by atoms with Crippen molar-refractivity contribution in [1.82, 2.24) is 10.6 Å². The number of aliphatic carboxylic acids is 1. The average Bonchev–Trinajstić information content (AvgIpc) is 2.33. The van der Waals surface area contributed by atoms with E-state index in [0.29, 0.717) is 13.2 Å². The fourth-order valence-corrected chi connectivity index (χ4v) is 1.46. The highest BCUT2D eigenvalue weighted by Gasteiger charge is 2.18. The molecule has 6 nitrogen and oxygen atoms in total. The van der Waals surface area contributed by atoms with Gasteiger partial charge in [0.2, 0.25) is 0 Å². The Morgan fingerprint density at radius 2 is 2.00 bits per heavy atom. The summed E-state index contributed by atoms with van der Waals surface area (Å²) in [5, 5.41) is 14.0. The molecule has 0 saturated heterocycles. The molecule has 106 valence electrons. The molecule has 0 aliphatic heterocycles. The zero-order valence-corrected chi connectivity index (χ0v) is 11.2. The summed E-state index contributed by atoms with van der Waals surface area (Å²) in [5.41, 5.74) is 0. The first kappa shape index (κ1) is 16.7. The minimum Gasteiger partial charge on any atom is -0.480 e. The van der Waals surface area contributed by atoms with Crippen molar-refractivity contribution < 1.29 is 19.4 Å². The van der Waals surface area contributed by atoms with Gasteiger partial charge >= 0.3 is 12.0 Å². The van der Waals surface area contributed by atoms with Gasteiger partial charge in [-0.1, -0.05) is 26.2 Å². The number of carboxylic acids is 1. The van der Waals surface area contributed by atoms with Gasteiger partial charge in [-0.3, -0.25) is 0 Å². The summed E-state index contributed by atoms with van der Waals surface area (Å²) in [6.07, 6.45) is 4.54. The molecule has 3 N–H and O–H groups in total. The van der Waals surface area contributed by atoms with Crippen molar-refractivity contribution in [2.75, 3.05) is 20.3 Å². The van der Waals surface area contributed by atoms with Crippen LogP contribution in [0, 0.1) is 0 Å². The van der Waals surface area contributed by atoms with Crippen molar-refractivity contribution in [2.24, 2.45) is 0 Å². The van der Waals surface area contributed by atoms with Gasteiger partial charge in [0.1, 0.15) is 6.04 Å². The van der Waals surface area contributed by atoms with E-state index in [0.717, 1.165) is 25.7 Å². The smallest absolute Gasteiger partial charge is 0.326 e. The Morgan fingerprint density at radius 1 is 1.28 bits per heavy atom. The Kier molecular flexibility index (Phi) is 10.0. The molecular weight excluding hydrogens is 236 g/mol. The van der Waals surface area contributed by atoms with Crippen molar-refractivity contribution in [3.63, 3.8) is 0 Å². The second kappa shape index (κ2) is 10.8. The molecular formula is C12H24N2O4. The highest BCUT2D eigenvalue weighted by molar-refractivity contribution is 5.82. The summed E-state index contributed by atoms with van der Waals surface area (Å²) in [6, 6.07) is -1.34. The Bertz CT molecular complexity index is 246. The SMILES string of the molecule is CCCCCCNC(=O)NC(CCOC)C(=O)O. The van der Waals surface area contributed by atoms with E-state index < -0.39 is 18.0 Å². The van der Waals surface area contributed by atoms with E-state index in [1.807, 2.05) is 0 Å². The van der Waals surface area contributed by atoms with Gasteiger partial charge in [0.05, 0.1) is 0 Å². The zero-order chi connectivity index (χ0) is 13.8. The molecule has 0 bridgehead atoms. The number of carbonyl (C=O) groups excluding carboxylic acids is 1. The van der Waals surface area contributed by atoms with E-state index in [2.05, 4.69) is 17.6 Å². The van der Waals surface area contributed by atoms with Gasteiger partial charge < -0.3 is 20.5 Å². The van der Waals surface area contributed by atoms with Crippen LogP contribution in [0.4, 0.5) is 4.79 Å². The maximum atomic E-state index is 11.4. The molecule has 0 spiro atoms. The number of hydrogen-bond donors (Lipinski definition) is 3. The minimum atomic E-state index is -1.05. The Balaban J connectivity index is 3.77. The number of amides is 2. The van der Waals surface area contributed by atoms with E-state index in [9.17, 15) is 9.59 Å². The molecule has 0 aliphatic carbocycles. The standard InChI is InChI=1S/C12H24N2O4/c1-3-4-5-6-8-13-12(17)14-10(11(15)16)7-9-18-2/h10H,3-9H2,1-2H3,(H,15,16)(H2,13,14,17). The summed E-state index contributed by atoms with van der Waals surface area (Å²) in [6.45, 7) is 2.99. The molecule has 1 unspecified atom stereocenters. The van der Waals surface area contributed by atoms with E-state index in [-0.39, 0.29) is 6.42 Å². The molecule has 6 heteroatoms. The van der Waals surface area contributed by atoms with Gasteiger partial charge in [-0.15, -0.1) is 0 Å². The predicted octanol–water partition coefficient (Wildman–Crippen LogP) is 1.36. The summed E-state index contributed by atoms with van der Waals surface area (Å²) in [7, 11) is 1.49. The van der Waals surface area contributed by atoms with Gasteiger partial charge in [-0.05, 0) is 6.42 Å². The van der Waals surface area contributed by atoms with Crippen molar-refractivity contribution in [1.29, 1.82) is 0 Å². The molecule has 0 saturated carbocycles. The lowest BCUT2D eigenvalue weighted by Gasteiger charge is -2.14. The number of methoxy groups -OCH3 is 1. The van der Waals surface area contributed by atoms with Crippen LogP contribution in [0.15, 0.2) is 0 Å². The van der Waals surface area contributed by atoms with Crippen LogP contribution >= 0.6 is 0 Å². The normalized spacial score (nSPS) is 11.9. The van der Waals surface area contributed by atoms with Gasteiger partial charge in [0, 0.05) is 26.7 Å². The molecule has 0 aromatic carbocycles. The van der Waals surface area contributed by atoms with E-state index in [4.69, 9.17) is 9.84 Å². The first-order chi connectivity index (χ1) is 8.61. The van der Waals surface area contributed by atoms with Gasteiger partial charge in [0.25, 0.3) is 0 Å². The second-order valence-electron chi connectivity index (χ2n) is 4.13. The summed E-state index contributed by atoms with van der Waals surface area (Å²) >= 11 is 0. The maximum Gasteiger partial charge on any atom is 0.326 e. The number of nitrogens with one attached hydrogen (secondary N) is 2. The van der Waals surface area contributed by atoms with Crippen molar-refractivity contribution in [2.45, 2.75) is 45.1 Å². The van der Waals surface area contributed by atoms with E-state index >= 15 is 0 Å². The van der Waals surface area contributed by atoms with Crippen molar-refractivity contribution in [3.05, 3.63) is 0 Å². The zero-order valence-electron chi connectivity index (χ0n) is 11.2. The van der Waals surface area contributed by atoms with Crippen LogP contribution in [0.2, 0.25) is 0 Å². The molecule has 0 radical (unpaired) electrons. The summed E-state index contributed by atoms with van der Waals surface area (Å²) < 4.78 is 4.79. The number of ether oxygens (including phenoxy) is 1. The van der Waals surface area contributed by atoms with E-state index in [1.165, 1.54) is 7.11 Å². The quantitative estimate of drug-likeness (QED) is 0.517. The minimum absolute atomic E-state index is 0.259. The lowest BCUT2D eigenvalue weighted by molar-refractivity contribution is -0.139. The number of carbonyl (C=O) groups is 2. The Morgan fingerprint density at radius 3 is 2.56 bits per heavy atom. The van der Waals surface area contributed by atoms with Crippen LogP contribution in [0.5, 0.6) is 0 Å². The fourth-order valence-electron chi connectivity index (χ4n) is 1.46. The third-order valence-electron chi connectivity index (χ3n) is 2.53. The number of carboxylic acid groups (broad SMARTS) is 1. The van der Waals surface area contributed by atoms with Crippen LogP contribution in [-0.2, 0) is 9.53 Å². The molecule has 0 aromatic heterocycles. The lowest BCUT2D eigenvalue weighted by atomic mass is 10.2. The average molecular weight is 260 g/mol. The molecule has 0 heterocycles. The second-order valence-corrected chi connectivity index (χ2v) is 4.13. The summed E-state index contributed by atoms with van der Waals surface area (Å²) in [5.74, 6) is -1.05. The van der Waals surface area contributed by atoms with Gasteiger partial charge in [-0.2, -0.15) is 0 Å². The van der Waals surface area contributed by atoms with Crippen LogP contribution in [0.3, 0.4) is 0 Å². The van der Waals surface area contributed by atoms with Crippen LogP contribution < -0.4 is 10.6 Å². The van der Waals surface area contributed by atoms with Crippen LogP contribution in [0.1, 0.15) is 39.0 Å². The maximum absolute atomic E-state index is 11.4. The molecule has 0 fully saturated rings. The predicted molar refractivity (Wildman–Crippen MR) is 68.6 cm³/mol. The Hall–Kier alpha value is -1.30. The largest absolute Gasteiger partial charge is 0.480 e.